The Bertz CT molecular complexity index is 956. The van der Waals surface area contributed by atoms with Gasteiger partial charge in [0.05, 0.1) is 0 Å². The van der Waals surface area contributed by atoms with E-state index in [2.05, 4.69) is 6.58 Å². The Morgan fingerprint density at radius 2 is 1.42 bits per heavy atom. The van der Waals surface area contributed by atoms with Crippen molar-refractivity contribution in [1.29, 1.82) is 0 Å². The lowest BCUT2D eigenvalue weighted by Crippen LogP contribution is -2.51. The summed E-state index contributed by atoms with van der Waals surface area (Å²) in [5, 5.41) is 1.73. The third kappa shape index (κ3) is 10.1. The lowest BCUT2D eigenvalue weighted by molar-refractivity contribution is -0.177. The van der Waals surface area contributed by atoms with Crippen molar-refractivity contribution in [1.82, 2.24) is 5.32 Å². The number of alkyl halides is 3. The second-order valence-electron chi connectivity index (χ2n) is 9.94. The summed E-state index contributed by atoms with van der Waals surface area (Å²) < 4.78 is 54.7. The Morgan fingerprint density at radius 3 is 1.83 bits per heavy atom. The second kappa shape index (κ2) is 12.1. The molecule has 0 radical (unpaired) electrons. The van der Waals surface area contributed by atoms with Gasteiger partial charge in [-0.25, -0.2) is 9.59 Å². The van der Waals surface area contributed by atoms with Crippen LogP contribution in [-0.4, -0.2) is 41.5 Å². The topological polar surface area (TPSA) is 90.9 Å². The SMILES string of the molecule is C=CC(c1ccc(C(/C=C/C)OC(=O)OC(C)(C)C)cc1)C(NC(=O)C(F)(F)F)C(=O)OC(C)(C)C. The van der Waals surface area contributed by atoms with Crippen LogP contribution >= 0.6 is 0 Å². The molecule has 7 nitrogen and oxygen atoms in total. The van der Waals surface area contributed by atoms with Gasteiger partial charge in [0.25, 0.3) is 0 Å². The molecule has 1 aromatic carbocycles. The van der Waals surface area contributed by atoms with E-state index >= 15 is 0 Å². The van der Waals surface area contributed by atoms with Crippen LogP contribution in [-0.2, 0) is 23.8 Å². The number of allylic oxidation sites excluding steroid dienone is 1. The summed E-state index contributed by atoms with van der Waals surface area (Å²) in [6.07, 6.45) is -2.32. The molecule has 0 aliphatic rings. The third-order valence-electron chi connectivity index (χ3n) is 4.45. The van der Waals surface area contributed by atoms with Gasteiger partial charge in [0, 0.05) is 5.92 Å². The van der Waals surface area contributed by atoms with E-state index in [1.165, 1.54) is 18.2 Å². The summed E-state index contributed by atoms with van der Waals surface area (Å²) >= 11 is 0. The van der Waals surface area contributed by atoms with Crippen LogP contribution in [0.5, 0.6) is 0 Å². The minimum absolute atomic E-state index is 0.378. The highest BCUT2D eigenvalue weighted by Crippen LogP contribution is 2.28. The highest BCUT2D eigenvalue weighted by molar-refractivity contribution is 5.88. The summed E-state index contributed by atoms with van der Waals surface area (Å²) in [6.45, 7) is 15.1. The maximum Gasteiger partial charge on any atom is 0.509 e. The highest BCUT2D eigenvalue weighted by atomic mass is 19.4. The van der Waals surface area contributed by atoms with Gasteiger partial charge in [-0.15, -0.1) is 6.58 Å². The van der Waals surface area contributed by atoms with Crippen molar-refractivity contribution in [2.24, 2.45) is 0 Å². The number of esters is 1. The number of carbonyl (C=O) groups is 3. The van der Waals surface area contributed by atoms with E-state index in [0.29, 0.717) is 11.1 Å². The van der Waals surface area contributed by atoms with E-state index in [1.54, 1.807) is 78.1 Å². The first-order valence-electron chi connectivity index (χ1n) is 11.2. The van der Waals surface area contributed by atoms with Gasteiger partial charge < -0.3 is 19.5 Å². The van der Waals surface area contributed by atoms with Gasteiger partial charge in [-0.3, -0.25) is 4.79 Å². The average Bonchev–Trinajstić information content (AvgIpc) is 2.70. The van der Waals surface area contributed by atoms with Crippen LogP contribution in [0.25, 0.3) is 0 Å². The molecule has 3 unspecified atom stereocenters. The molecule has 1 N–H and O–H groups in total. The van der Waals surface area contributed by atoms with Gasteiger partial charge in [-0.2, -0.15) is 13.2 Å². The van der Waals surface area contributed by atoms with Gasteiger partial charge in [0.15, 0.2) is 0 Å². The van der Waals surface area contributed by atoms with Crippen molar-refractivity contribution in [3.8, 4) is 0 Å². The first-order valence-corrected chi connectivity index (χ1v) is 11.2. The quantitative estimate of drug-likeness (QED) is 0.343. The zero-order valence-corrected chi connectivity index (χ0v) is 21.6. The van der Waals surface area contributed by atoms with Crippen LogP contribution in [0.4, 0.5) is 18.0 Å². The number of ether oxygens (including phenoxy) is 3. The van der Waals surface area contributed by atoms with Crippen LogP contribution < -0.4 is 5.32 Å². The zero-order chi connectivity index (χ0) is 27.9. The van der Waals surface area contributed by atoms with Crippen LogP contribution in [0.1, 0.15) is 71.6 Å². The van der Waals surface area contributed by atoms with Crippen LogP contribution in [0.3, 0.4) is 0 Å². The number of carbonyl (C=O) groups excluding carboxylic acids is 3. The standard InChI is InChI=1S/C26H34F3NO6/c1-9-11-19(34-23(33)36-25(6,7)8)17-14-12-16(13-15-17)18(10-2)20(21(31)35-24(3,4)5)30-22(32)26(27,28)29/h9-15,18-20H,2H2,1,3-8H3,(H,30,32)/b11-9+. The van der Waals surface area contributed by atoms with E-state index in [9.17, 15) is 27.6 Å². The van der Waals surface area contributed by atoms with Gasteiger partial charge in [0.1, 0.15) is 23.3 Å². The fourth-order valence-electron chi connectivity index (χ4n) is 3.03. The summed E-state index contributed by atoms with van der Waals surface area (Å²) in [5.41, 5.74) is -0.842. The lowest BCUT2D eigenvalue weighted by atomic mass is 9.90. The predicted octanol–water partition coefficient (Wildman–Crippen LogP) is 5.91. The minimum atomic E-state index is -5.20. The van der Waals surface area contributed by atoms with Crippen LogP contribution in [0.2, 0.25) is 0 Å². The normalized spacial score (nSPS) is 14.9. The van der Waals surface area contributed by atoms with Crippen molar-refractivity contribution in [3.05, 3.63) is 60.2 Å². The second-order valence-corrected chi connectivity index (χ2v) is 9.94. The van der Waals surface area contributed by atoms with Gasteiger partial charge >= 0.3 is 24.2 Å². The monoisotopic (exact) mass is 513 g/mol. The van der Waals surface area contributed by atoms with E-state index < -0.39 is 53.5 Å². The molecule has 36 heavy (non-hydrogen) atoms. The van der Waals surface area contributed by atoms with E-state index in [-0.39, 0.29) is 0 Å². The number of amides is 1. The molecule has 1 amide bonds. The molecule has 10 heteroatoms. The maximum absolute atomic E-state index is 13.0. The summed E-state index contributed by atoms with van der Waals surface area (Å²) in [7, 11) is 0. The van der Waals surface area contributed by atoms with Gasteiger partial charge in [-0.1, -0.05) is 36.4 Å². The third-order valence-corrected chi connectivity index (χ3v) is 4.45. The minimum Gasteiger partial charge on any atom is -0.458 e. The van der Waals surface area contributed by atoms with Crippen molar-refractivity contribution in [2.45, 2.75) is 83.9 Å². The molecule has 1 rings (SSSR count). The number of benzene rings is 1. The molecule has 1 aromatic rings. The highest BCUT2D eigenvalue weighted by Gasteiger charge is 2.43. The molecule has 0 aliphatic heterocycles. The molecule has 0 bridgehead atoms. The molecule has 0 spiro atoms. The number of halogens is 3. The number of hydrogen-bond acceptors (Lipinski definition) is 6. The predicted molar refractivity (Wildman–Crippen MR) is 128 cm³/mol. The van der Waals surface area contributed by atoms with Crippen molar-refractivity contribution in [3.63, 3.8) is 0 Å². The molecule has 200 valence electrons. The first kappa shape index (κ1) is 30.7. The number of nitrogens with one attached hydrogen (secondary N) is 1. The van der Waals surface area contributed by atoms with Crippen molar-refractivity contribution < 1.29 is 41.8 Å². The number of rotatable bonds is 8. The molecule has 0 saturated heterocycles. The van der Waals surface area contributed by atoms with Crippen molar-refractivity contribution in [2.75, 3.05) is 0 Å². The fourth-order valence-corrected chi connectivity index (χ4v) is 3.03. The Morgan fingerprint density at radius 1 is 0.917 bits per heavy atom. The largest absolute Gasteiger partial charge is 0.509 e. The zero-order valence-electron chi connectivity index (χ0n) is 21.6. The Labute approximate surface area is 209 Å². The Kier molecular flexibility index (Phi) is 10.3. The maximum atomic E-state index is 13.0. The summed E-state index contributed by atoms with van der Waals surface area (Å²) in [6, 6.07) is 4.55. The Hall–Kier alpha value is -3.30. The summed E-state index contributed by atoms with van der Waals surface area (Å²) in [4.78, 5) is 36.6. The van der Waals surface area contributed by atoms with Gasteiger partial charge in [-0.05, 0) is 65.7 Å². The van der Waals surface area contributed by atoms with E-state index in [0.717, 1.165) is 0 Å². The molecular weight excluding hydrogens is 479 g/mol. The van der Waals surface area contributed by atoms with Gasteiger partial charge in [0.2, 0.25) is 0 Å². The molecule has 0 heterocycles. The molecule has 3 atom stereocenters. The smallest absolute Gasteiger partial charge is 0.458 e. The molecule has 0 aliphatic carbocycles. The molecule has 0 aromatic heterocycles. The van der Waals surface area contributed by atoms with Crippen LogP contribution in [0.15, 0.2) is 49.1 Å². The number of hydrogen-bond donors (Lipinski definition) is 1. The summed E-state index contributed by atoms with van der Waals surface area (Å²) in [5.74, 6) is -4.37. The lowest BCUT2D eigenvalue weighted by Gasteiger charge is -2.29. The van der Waals surface area contributed by atoms with E-state index in [1.807, 2.05) is 0 Å². The Balaban J connectivity index is 3.29. The molecule has 0 fully saturated rings. The van der Waals surface area contributed by atoms with Crippen molar-refractivity contribution >= 4 is 18.0 Å². The van der Waals surface area contributed by atoms with E-state index in [4.69, 9.17) is 14.2 Å². The molecular formula is C26H34F3NO6. The average molecular weight is 514 g/mol. The fraction of sp³-hybridized carbons (Fsp3) is 0.500. The first-order chi connectivity index (χ1) is 16.4. The van der Waals surface area contributed by atoms with Crippen LogP contribution in [0, 0.1) is 0 Å². The molecule has 0 saturated carbocycles.